The third-order valence-corrected chi connectivity index (χ3v) is 8.06. The van der Waals surface area contributed by atoms with E-state index in [1.54, 1.807) is 84.2 Å². The van der Waals surface area contributed by atoms with Crippen LogP contribution in [-0.4, -0.2) is 101 Å². The van der Waals surface area contributed by atoms with E-state index in [2.05, 4.69) is 45.2 Å². The summed E-state index contributed by atoms with van der Waals surface area (Å²) in [6, 6.07) is 9.22. The summed E-state index contributed by atoms with van der Waals surface area (Å²) in [6.07, 6.45) is 0.166. The highest BCUT2D eigenvalue weighted by Gasteiger charge is 2.32. The Morgan fingerprint density at radius 1 is 0.720 bits per heavy atom. The van der Waals surface area contributed by atoms with Gasteiger partial charge in [0, 0.05) is 13.1 Å². The molecule has 0 bridgehead atoms. The van der Waals surface area contributed by atoms with Crippen molar-refractivity contribution in [3.63, 3.8) is 0 Å². The fraction of sp³-hybridized carbons (Fsp3) is 0.556. The zero-order valence-electron chi connectivity index (χ0n) is 30.6. The number of halogens is 2. The second-order valence-corrected chi connectivity index (χ2v) is 17.0. The van der Waals surface area contributed by atoms with Crippen molar-refractivity contribution < 1.29 is 48.0 Å². The molecule has 0 aliphatic rings. The van der Waals surface area contributed by atoms with Gasteiger partial charge in [0.15, 0.2) is 5.75 Å². The van der Waals surface area contributed by atoms with Crippen LogP contribution in [-0.2, 0) is 44.5 Å². The molecule has 2 aromatic rings. The molecule has 0 saturated carbocycles. The average Bonchev–Trinajstić information content (AvgIpc) is 2.93. The van der Waals surface area contributed by atoms with Crippen LogP contribution in [0, 0.1) is 7.14 Å². The molecule has 0 aliphatic heterocycles. The minimum Gasteiger partial charge on any atom is -0.508 e. The number of phenols is 1. The lowest BCUT2D eigenvalue weighted by atomic mass is 10.0. The standard InChI is InChI=1S/C36H50I2N2O10/c1-34(2,3)48-29(42)20-39(21-30(43)49-35(4,5)6)15-16-40(22-31(44)50-36(7,8)9)28(33(45)46-10)19-23-17-26(37)32(27(38)18-23)47-25-13-11-24(41)12-14-25/h11-14,17-18,28,41H,15-16,19-22H2,1-10H3. The van der Waals surface area contributed by atoms with Crippen molar-refractivity contribution in [1.82, 2.24) is 9.80 Å². The Hall–Kier alpha value is -2.70. The van der Waals surface area contributed by atoms with Gasteiger partial charge in [0.25, 0.3) is 0 Å². The molecule has 0 saturated heterocycles. The molecular formula is C36H50I2N2O10. The molecule has 0 amide bonds. The Bertz CT molecular complexity index is 1420. The predicted octanol–water partition coefficient (Wildman–Crippen LogP) is 6.11. The van der Waals surface area contributed by atoms with E-state index in [0.717, 1.165) is 12.7 Å². The fourth-order valence-electron chi connectivity index (χ4n) is 4.66. The second-order valence-electron chi connectivity index (χ2n) is 14.7. The maximum Gasteiger partial charge on any atom is 0.323 e. The quantitative estimate of drug-likeness (QED) is 0.125. The van der Waals surface area contributed by atoms with Gasteiger partial charge in [0.1, 0.15) is 34.3 Å². The maximum atomic E-state index is 13.4. The molecule has 0 aromatic heterocycles. The first-order chi connectivity index (χ1) is 22.9. The molecule has 278 valence electrons. The van der Waals surface area contributed by atoms with Crippen molar-refractivity contribution in [3.8, 4) is 17.2 Å². The number of carbonyl (C=O) groups is 4. The Labute approximate surface area is 322 Å². The van der Waals surface area contributed by atoms with Crippen LogP contribution in [0.4, 0.5) is 0 Å². The molecule has 1 unspecified atom stereocenters. The summed E-state index contributed by atoms with van der Waals surface area (Å²) in [4.78, 5) is 55.5. The molecule has 0 radical (unpaired) electrons. The Morgan fingerprint density at radius 2 is 1.16 bits per heavy atom. The lowest BCUT2D eigenvalue weighted by Gasteiger charge is -2.33. The summed E-state index contributed by atoms with van der Waals surface area (Å²) in [7, 11) is 1.28. The van der Waals surface area contributed by atoms with Gasteiger partial charge in [-0.2, -0.15) is 0 Å². The molecule has 2 rings (SSSR count). The number of methoxy groups -OCH3 is 1. The monoisotopic (exact) mass is 924 g/mol. The summed E-state index contributed by atoms with van der Waals surface area (Å²) < 4.78 is 29.5. The van der Waals surface area contributed by atoms with Crippen LogP contribution in [0.3, 0.4) is 0 Å². The second kappa shape index (κ2) is 18.7. The Balaban J connectivity index is 2.45. The van der Waals surface area contributed by atoms with Gasteiger partial charge in [0.2, 0.25) is 0 Å². The maximum absolute atomic E-state index is 13.4. The number of phenolic OH excluding ortho intramolecular Hbond substituents is 1. The number of ether oxygens (including phenoxy) is 5. The van der Waals surface area contributed by atoms with Crippen LogP contribution in [0.25, 0.3) is 0 Å². The van der Waals surface area contributed by atoms with E-state index < -0.39 is 46.7 Å². The number of aromatic hydroxyl groups is 1. The SMILES string of the molecule is COC(=O)C(Cc1cc(I)c(Oc2ccc(O)cc2)c(I)c1)N(CCN(CC(=O)OC(C)(C)C)CC(=O)OC(C)(C)C)CC(=O)OC(C)(C)C. The van der Waals surface area contributed by atoms with Gasteiger partial charge in [-0.15, -0.1) is 0 Å². The van der Waals surface area contributed by atoms with Crippen molar-refractivity contribution in [2.75, 3.05) is 39.8 Å². The molecular weight excluding hydrogens is 874 g/mol. The summed E-state index contributed by atoms with van der Waals surface area (Å²) in [6.45, 7) is 15.2. The number of nitrogens with zero attached hydrogens (tertiary/aromatic N) is 2. The lowest BCUT2D eigenvalue weighted by molar-refractivity contribution is -0.163. The molecule has 2 aromatic carbocycles. The predicted molar refractivity (Wildman–Crippen MR) is 205 cm³/mol. The smallest absolute Gasteiger partial charge is 0.323 e. The highest BCUT2D eigenvalue weighted by molar-refractivity contribution is 14.1. The van der Waals surface area contributed by atoms with Crippen molar-refractivity contribution in [2.24, 2.45) is 0 Å². The summed E-state index contributed by atoms with van der Waals surface area (Å²) in [5.41, 5.74) is -1.48. The number of hydrogen-bond donors (Lipinski definition) is 1. The van der Waals surface area contributed by atoms with E-state index in [0.29, 0.717) is 11.5 Å². The number of hydrogen-bond acceptors (Lipinski definition) is 12. The van der Waals surface area contributed by atoms with Gasteiger partial charge in [-0.05, 0) is 156 Å². The topological polar surface area (TPSA) is 141 Å². The highest BCUT2D eigenvalue weighted by atomic mass is 127. The number of esters is 4. The molecule has 0 aliphatic carbocycles. The molecule has 12 nitrogen and oxygen atoms in total. The van der Waals surface area contributed by atoms with Crippen molar-refractivity contribution in [3.05, 3.63) is 49.1 Å². The van der Waals surface area contributed by atoms with Crippen molar-refractivity contribution in [2.45, 2.75) is 91.6 Å². The third-order valence-electron chi connectivity index (χ3n) is 6.46. The fourth-order valence-corrected chi connectivity index (χ4v) is 6.78. The van der Waals surface area contributed by atoms with Crippen molar-refractivity contribution >= 4 is 69.1 Å². The number of rotatable bonds is 15. The highest BCUT2D eigenvalue weighted by Crippen LogP contribution is 2.34. The first-order valence-electron chi connectivity index (χ1n) is 16.1. The number of carbonyl (C=O) groups excluding carboxylic acids is 4. The van der Waals surface area contributed by atoms with Gasteiger partial charge in [-0.3, -0.25) is 29.0 Å². The summed E-state index contributed by atoms with van der Waals surface area (Å²) in [5, 5.41) is 9.63. The van der Waals surface area contributed by atoms with E-state index in [1.807, 2.05) is 12.1 Å². The summed E-state index contributed by atoms with van der Waals surface area (Å²) in [5.74, 6) is -0.927. The van der Waals surface area contributed by atoms with Crippen LogP contribution in [0.2, 0.25) is 0 Å². The van der Waals surface area contributed by atoms with Crippen molar-refractivity contribution in [1.29, 1.82) is 0 Å². The lowest BCUT2D eigenvalue weighted by Crippen LogP contribution is -2.51. The van der Waals surface area contributed by atoms with Crippen LogP contribution < -0.4 is 4.74 Å². The van der Waals surface area contributed by atoms with Gasteiger partial charge < -0.3 is 28.8 Å². The molecule has 1 N–H and O–H groups in total. The Kier molecular flexibility index (Phi) is 16.2. The molecule has 50 heavy (non-hydrogen) atoms. The van der Waals surface area contributed by atoms with Crippen LogP contribution >= 0.6 is 45.2 Å². The third kappa shape index (κ3) is 16.5. The molecule has 0 spiro atoms. The van der Waals surface area contributed by atoms with Crippen LogP contribution in [0.5, 0.6) is 17.2 Å². The normalized spacial score (nSPS) is 12.8. The summed E-state index contributed by atoms with van der Waals surface area (Å²) >= 11 is 4.32. The zero-order valence-corrected chi connectivity index (χ0v) is 34.9. The van der Waals surface area contributed by atoms with E-state index in [9.17, 15) is 24.3 Å². The zero-order chi connectivity index (χ0) is 38.0. The van der Waals surface area contributed by atoms with E-state index in [1.165, 1.54) is 19.2 Å². The van der Waals surface area contributed by atoms with E-state index in [4.69, 9.17) is 23.7 Å². The van der Waals surface area contributed by atoms with Gasteiger partial charge in [-0.1, -0.05) is 0 Å². The first-order valence-corrected chi connectivity index (χ1v) is 18.2. The molecule has 14 heteroatoms. The first kappa shape index (κ1) is 43.5. The van der Waals surface area contributed by atoms with Gasteiger partial charge in [0.05, 0.1) is 33.9 Å². The van der Waals surface area contributed by atoms with E-state index >= 15 is 0 Å². The van der Waals surface area contributed by atoms with Gasteiger partial charge in [-0.25, -0.2) is 0 Å². The van der Waals surface area contributed by atoms with E-state index in [-0.39, 0.29) is 44.9 Å². The van der Waals surface area contributed by atoms with Gasteiger partial charge >= 0.3 is 23.9 Å². The Morgan fingerprint density at radius 3 is 1.58 bits per heavy atom. The molecule has 1 atom stereocenters. The minimum absolute atomic E-state index is 0.0842. The number of benzene rings is 2. The van der Waals surface area contributed by atoms with Crippen LogP contribution in [0.1, 0.15) is 67.9 Å². The molecule has 0 fully saturated rings. The van der Waals surface area contributed by atoms with Crippen LogP contribution in [0.15, 0.2) is 36.4 Å². The largest absolute Gasteiger partial charge is 0.508 e. The molecule has 0 heterocycles. The minimum atomic E-state index is -0.937. The average molecular weight is 925 g/mol.